The van der Waals surface area contributed by atoms with Gasteiger partial charge in [0.15, 0.2) is 0 Å². The molecule has 0 atom stereocenters. The number of benzene rings is 8. The van der Waals surface area contributed by atoms with E-state index in [-0.39, 0.29) is 0 Å². The average Bonchev–Trinajstić information content (AvgIpc) is 3.49. The lowest BCUT2D eigenvalue weighted by molar-refractivity contribution is 1.10. The van der Waals surface area contributed by atoms with Gasteiger partial charge in [0, 0.05) is 11.3 Å². The summed E-state index contributed by atoms with van der Waals surface area (Å²) in [6, 6.07) is 59.2. The van der Waals surface area contributed by atoms with E-state index in [1.54, 1.807) is 0 Å². The molecule has 0 bridgehead atoms. The van der Waals surface area contributed by atoms with Crippen LogP contribution in [0.4, 0.5) is 0 Å². The van der Waals surface area contributed by atoms with Crippen LogP contribution >= 0.6 is 0 Å². The summed E-state index contributed by atoms with van der Waals surface area (Å²) >= 11 is 0. The van der Waals surface area contributed by atoms with Gasteiger partial charge in [0.25, 0.3) is 0 Å². The first kappa shape index (κ1) is 26.4. The van der Waals surface area contributed by atoms with Crippen LogP contribution in [0.1, 0.15) is 5.56 Å². The fourth-order valence-electron chi connectivity index (χ4n) is 7.10. The standard InChI is InChI=1S/C44H30N2/c1-29-19-26-41-40(27-29)45-44(32-12-3-2-4-13-32)46(41)35-24-22-31(23-25-35)42-36-15-7-9-17-38(36)43(39-18-10-8-16-37(39)42)34-21-20-30-11-5-6-14-33(30)28-34/h2-28H,1H3. The summed E-state index contributed by atoms with van der Waals surface area (Å²) < 4.78 is 2.28. The van der Waals surface area contributed by atoms with Crippen molar-refractivity contribution >= 4 is 43.4 Å². The molecule has 0 N–H and O–H groups in total. The van der Waals surface area contributed by atoms with Crippen molar-refractivity contribution < 1.29 is 0 Å². The van der Waals surface area contributed by atoms with Crippen LogP contribution in [0.2, 0.25) is 0 Å². The number of rotatable bonds is 4. The van der Waals surface area contributed by atoms with Crippen LogP contribution in [-0.2, 0) is 0 Å². The largest absolute Gasteiger partial charge is 0.292 e. The molecule has 9 aromatic rings. The Bertz CT molecular complexity index is 2520. The highest BCUT2D eigenvalue weighted by molar-refractivity contribution is 6.21. The molecule has 2 heteroatoms. The van der Waals surface area contributed by atoms with Crippen molar-refractivity contribution in [3.05, 3.63) is 169 Å². The van der Waals surface area contributed by atoms with E-state index >= 15 is 0 Å². The van der Waals surface area contributed by atoms with Gasteiger partial charge < -0.3 is 0 Å². The number of imidazole rings is 1. The number of aryl methyl sites for hydroxylation is 1. The quantitative estimate of drug-likeness (QED) is 0.188. The first-order valence-corrected chi connectivity index (χ1v) is 15.8. The Morgan fingerprint density at radius 2 is 1.00 bits per heavy atom. The zero-order chi connectivity index (χ0) is 30.6. The van der Waals surface area contributed by atoms with Crippen molar-refractivity contribution in [1.29, 1.82) is 0 Å². The summed E-state index contributed by atoms with van der Waals surface area (Å²) in [6.45, 7) is 2.12. The van der Waals surface area contributed by atoms with Crippen molar-refractivity contribution in [2.75, 3.05) is 0 Å². The van der Waals surface area contributed by atoms with Crippen LogP contribution in [0.25, 0.3) is 82.7 Å². The summed E-state index contributed by atoms with van der Waals surface area (Å²) in [7, 11) is 0. The monoisotopic (exact) mass is 586 g/mol. The van der Waals surface area contributed by atoms with Crippen LogP contribution in [-0.4, -0.2) is 9.55 Å². The maximum Gasteiger partial charge on any atom is 0.145 e. The molecule has 2 nitrogen and oxygen atoms in total. The van der Waals surface area contributed by atoms with Gasteiger partial charge in [-0.05, 0) is 97.4 Å². The average molecular weight is 587 g/mol. The van der Waals surface area contributed by atoms with E-state index in [0.29, 0.717) is 0 Å². The number of fused-ring (bicyclic) bond motifs is 4. The van der Waals surface area contributed by atoms with Crippen LogP contribution in [0.15, 0.2) is 164 Å². The van der Waals surface area contributed by atoms with Crippen molar-refractivity contribution in [3.63, 3.8) is 0 Å². The third-order valence-corrected chi connectivity index (χ3v) is 9.23. The summed E-state index contributed by atoms with van der Waals surface area (Å²) in [5.74, 6) is 0.949. The molecule has 0 saturated heterocycles. The van der Waals surface area contributed by atoms with Gasteiger partial charge in [-0.2, -0.15) is 0 Å². The summed E-state index contributed by atoms with van der Waals surface area (Å²) in [6.07, 6.45) is 0. The predicted molar refractivity (Wildman–Crippen MR) is 195 cm³/mol. The molecule has 1 heterocycles. The first-order valence-electron chi connectivity index (χ1n) is 15.8. The highest BCUT2D eigenvalue weighted by Gasteiger charge is 2.18. The molecule has 0 aliphatic rings. The topological polar surface area (TPSA) is 17.8 Å². The Balaban J connectivity index is 1.25. The Kier molecular flexibility index (Phi) is 6.07. The summed E-state index contributed by atoms with van der Waals surface area (Å²) in [5, 5.41) is 7.55. The van der Waals surface area contributed by atoms with Gasteiger partial charge >= 0.3 is 0 Å². The lowest BCUT2D eigenvalue weighted by Gasteiger charge is -2.18. The van der Waals surface area contributed by atoms with E-state index in [1.807, 2.05) is 0 Å². The molecular formula is C44H30N2. The molecule has 9 rings (SSSR count). The van der Waals surface area contributed by atoms with Crippen molar-refractivity contribution in [3.8, 4) is 39.3 Å². The molecule has 0 amide bonds. The second-order valence-corrected chi connectivity index (χ2v) is 12.1. The molecule has 0 aliphatic carbocycles. The molecule has 0 fully saturated rings. The van der Waals surface area contributed by atoms with Gasteiger partial charge in [-0.1, -0.05) is 133 Å². The lowest BCUT2D eigenvalue weighted by Crippen LogP contribution is -1.98. The molecule has 216 valence electrons. The maximum atomic E-state index is 5.10. The summed E-state index contributed by atoms with van der Waals surface area (Å²) in [5.41, 5.74) is 10.5. The first-order chi connectivity index (χ1) is 22.7. The van der Waals surface area contributed by atoms with Crippen molar-refractivity contribution in [2.24, 2.45) is 0 Å². The smallest absolute Gasteiger partial charge is 0.145 e. The Morgan fingerprint density at radius 1 is 0.435 bits per heavy atom. The van der Waals surface area contributed by atoms with Crippen LogP contribution in [0.5, 0.6) is 0 Å². The van der Waals surface area contributed by atoms with E-state index in [0.717, 1.165) is 28.1 Å². The molecule has 0 aliphatic heterocycles. The van der Waals surface area contributed by atoms with Crippen molar-refractivity contribution in [1.82, 2.24) is 9.55 Å². The van der Waals surface area contributed by atoms with Gasteiger partial charge in [0.05, 0.1) is 11.0 Å². The fraction of sp³-hybridized carbons (Fsp3) is 0.0227. The Morgan fingerprint density at radius 3 is 1.67 bits per heavy atom. The predicted octanol–water partition coefficient (Wildman–Crippen LogP) is 11.8. The molecule has 0 unspecified atom stereocenters. The van der Waals surface area contributed by atoms with E-state index in [1.165, 1.54) is 60.1 Å². The third kappa shape index (κ3) is 4.22. The maximum absolute atomic E-state index is 5.10. The minimum absolute atomic E-state index is 0.949. The molecule has 1 aromatic heterocycles. The Labute approximate surface area is 267 Å². The minimum atomic E-state index is 0.949. The molecular weight excluding hydrogens is 556 g/mol. The van der Waals surface area contributed by atoms with Crippen LogP contribution < -0.4 is 0 Å². The second-order valence-electron chi connectivity index (χ2n) is 12.1. The van der Waals surface area contributed by atoms with Gasteiger partial charge in [-0.3, -0.25) is 4.57 Å². The lowest BCUT2D eigenvalue weighted by atomic mass is 9.85. The normalized spacial score (nSPS) is 11.6. The van der Waals surface area contributed by atoms with Gasteiger partial charge in [0.1, 0.15) is 5.82 Å². The van der Waals surface area contributed by atoms with E-state index in [2.05, 4.69) is 175 Å². The van der Waals surface area contributed by atoms with Crippen LogP contribution in [0, 0.1) is 6.92 Å². The third-order valence-electron chi connectivity index (χ3n) is 9.23. The van der Waals surface area contributed by atoms with Crippen LogP contribution in [0.3, 0.4) is 0 Å². The Hall–Kier alpha value is -5.99. The molecule has 0 spiro atoms. The molecule has 0 radical (unpaired) electrons. The van der Waals surface area contributed by atoms with Gasteiger partial charge in [-0.15, -0.1) is 0 Å². The molecule has 46 heavy (non-hydrogen) atoms. The fourth-order valence-corrected chi connectivity index (χ4v) is 7.10. The van der Waals surface area contributed by atoms with E-state index < -0.39 is 0 Å². The minimum Gasteiger partial charge on any atom is -0.292 e. The van der Waals surface area contributed by atoms with Gasteiger partial charge in [-0.25, -0.2) is 4.98 Å². The SMILES string of the molecule is Cc1ccc2c(c1)nc(-c1ccccc1)n2-c1ccc(-c2c3ccccc3c(-c3ccc4ccccc4c3)c3ccccc23)cc1. The second kappa shape index (κ2) is 10.6. The molecule has 0 saturated carbocycles. The van der Waals surface area contributed by atoms with Crippen molar-refractivity contribution in [2.45, 2.75) is 6.92 Å². The zero-order valence-corrected chi connectivity index (χ0v) is 25.5. The van der Waals surface area contributed by atoms with E-state index in [9.17, 15) is 0 Å². The number of nitrogens with zero attached hydrogens (tertiary/aromatic N) is 2. The zero-order valence-electron chi connectivity index (χ0n) is 25.5. The summed E-state index contributed by atoms with van der Waals surface area (Å²) in [4.78, 5) is 5.10. The molecule has 8 aromatic carbocycles. The highest BCUT2D eigenvalue weighted by atomic mass is 15.1. The van der Waals surface area contributed by atoms with Gasteiger partial charge in [0.2, 0.25) is 0 Å². The number of hydrogen-bond donors (Lipinski definition) is 0. The van der Waals surface area contributed by atoms with E-state index in [4.69, 9.17) is 4.98 Å². The highest BCUT2D eigenvalue weighted by Crippen LogP contribution is 2.44. The number of hydrogen-bond acceptors (Lipinski definition) is 1. The number of aromatic nitrogens is 2.